The van der Waals surface area contributed by atoms with Crippen LogP contribution in [0.4, 0.5) is 0 Å². The van der Waals surface area contributed by atoms with Gasteiger partial charge in [-0.05, 0) is 24.1 Å². The van der Waals surface area contributed by atoms with Gasteiger partial charge >= 0.3 is 5.97 Å². The summed E-state index contributed by atoms with van der Waals surface area (Å²) in [6.45, 7) is 1.93. The molecular formula is C17H18ClNO3S2. The number of benzene rings is 2. The molecular weight excluding hydrogens is 366 g/mol. The van der Waals surface area contributed by atoms with Crippen molar-refractivity contribution in [2.75, 3.05) is 6.61 Å². The van der Waals surface area contributed by atoms with Gasteiger partial charge in [0.15, 0.2) is 0 Å². The van der Waals surface area contributed by atoms with Gasteiger partial charge < -0.3 is 15.9 Å². The average molecular weight is 384 g/mol. The highest BCUT2D eigenvalue weighted by molar-refractivity contribution is 8.23. The molecule has 0 spiro atoms. The Kier molecular flexibility index (Phi) is 8.78. The summed E-state index contributed by atoms with van der Waals surface area (Å²) in [4.78, 5) is 11.3. The predicted molar refractivity (Wildman–Crippen MR) is 104 cm³/mol. The minimum Gasteiger partial charge on any atom is -0.480 e. The lowest BCUT2D eigenvalue weighted by atomic mass is 10.0. The van der Waals surface area contributed by atoms with Gasteiger partial charge in [0, 0.05) is 17.2 Å². The van der Waals surface area contributed by atoms with Gasteiger partial charge in [-0.25, -0.2) is 0 Å². The van der Waals surface area contributed by atoms with Crippen molar-refractivity contribution in [3.8, 4) is 11.1 Å². The average Bonchev–Trinajstić information content (AvgIpc) is 2.54. The van der Waals surface area contributed by atoms with E-state index in [2.05, 4.69) is 0 Å². The van der Waals surface area contributed by atoms with Crippen LogP contribution in [-0.4, -0.2) is 27.1 Å². The van der Waals surface area contributed by atoms with E-state index in [4.69, 9.17) is 34.7 Å². The van der Waals surface area contributed by atoms with E-state index in [0.29, 0.717) is 10.6 Å². The normalized spacial score (nSPS) is 11.1. The van der Waals surface area contributed by atoms with Crippen LogP contribution in [0.1, 0.15) is 17.7 Å². The molecule has 2 aromatic rings. The molecule has 0 aliphatic carbocycles. The van der Waals surface area contributed by atoms with Crippen LogP contribution in [0.3, 0.4) is 0 Å². The zero-order valence-electron chi connectivity index (χ0n) is 13.0. The minimum atomic E-state index is -0.974. The summed E-state index contributed by atoms with van der Waals surface area (Å²) in [5.74, 6) is -0.974. The number of aliphatic carboxylic acids is 1. The second kappa shape index (κ2) is 10.3. The number of carboxylic acids is 1. The fraction of sp³-hybridized carbons (Fsp3) is 0.176. The van der Waals surface area contributed by atoms with Gasteiger partial charge in [-0.2, -0.15) is 0 Å². The van der Waals surface area contributed by atoms with Crippen LogP contribution in [0.25, 0.3) is 11.1 Å². The topological polar surface area (TPSA) is 83.5 Å². The monoisotopic (exact) mass is 383 g/mol. The molecule has 24 heavy (non-hydrogen) atoms. The van der Waals surface area contributed by atoms with E-state index in [9.17, 15) is 9.90 Å². The zero-order valence-corrected chi connectivity index (χ0v) is 15.4. The first-order chi connectivity index (χ1) is 11.4. The van der Waals surface area contributed by atoms with Crippen LogP contribution in [0.2, 0.25) is 5.02 Å². The molecule has 1 atom stereocenters. The second-order valence-electron chi connectivity index (χ2n) is 4.57. The van der Waals surface area contributed by atoms with E-state index in [1.54, 1.807) is 19.1 Å². The summed E-state index contributed by atoms with van der Waals surface area (Å²) < 4.78 is 0.109. The molecule has 0 bridgehead atoms. The van der Waals surface area contributed by atoms with Crippen LogP contribution in [0.5, 0.6) is 0 Å². The molecule has 0 heterocycles. The van der Waals surface area contributed by atoms with Crippen molar-refractivity contribution >= 4 is 45.9 Å². The Balaban J connectivity index is 0.000000891. The Labute approximate surface area is 155 Å². The number of aliphatic hydroxyl groups excluding tert-OH is 1. The van der Waals surface area contributed by atoms with Crippen molar-refractivity contribution in [2.45, 2.75) is 12.2 Å². The van der Waals surface area contributed by atoms with Crippen LogP contribution >= 0.6 is 35.6 Å². The molecule has 2 rings (SSSR count). The number of aliphatic hydroxyl groups is 1. The third kappa shape index (κ3) is 6.13. The minimum absolute atomic E-state index is 0.109. The van der Waals surface area contributed by atoms with Crippen molar-refractivity contribution < 1.29 is 15.0 Å². The van der Waals surface area contributed by atoms with E-state index in [0.717, 1.165) is 22.9 Å². The van der Waals surface area contributed by atoms with Crippen LogP contribution in [0, 0.1) is 0 Å². The molecule has 1 unspecified atom stereocenters. The quantitative estimate of drug-likeness (QED) is 0.689. The SMILES string of the molecule is CCO.NC(=S)SC(C(=O)O)c1ccc(-c2ccccc2Cl)cc1. The van der Waals surface area contributed by atoms with Crippen molar-refractivity contribution in [3.05, 3.63) is 59.1 Å². The first-order valence-electron chi connectivity index (χ1n) is 7.05. The number of hydrogen-bond donors (Lipinski definition) is 3. The maximum Gasteiger partial charge on any atom is 0.321 e. The number of halogens is 1. The Morgan fingerprint density at radius 1 is 1.25 bits per heavy atom. The maximum atomic E-state index is 11.3. The summed E-state index contributed by atoms with van der Waals surface area (Å²) in [6, 6.07) is 14.7. The number of thioether (sulfide) groups is 1. The van der Waals surface area contributed by atoms with Crippen LogP contribution in [0.15, 0.2) is 48.5 Å². The van der Waals surface area contributed by atoms with Gasteiger partial charge in [-0.1, -0.05) is 78.0 Å². The molecule has 128 valence electrons. The fourth-order valence-electron chi connectivity index (χ4n) is 1.91. The van der Waals surface area contributed by atoms with E-state index in [1.165, 1.54) is 0 Å². The fourth-order valence-corrected chi connectivity index (χ4v) is 3.07. The molecule has 0 aromatic heterocycles. The summed E-state index contributed by atoms with van der Waals surface area (Å²) in [6.07, 6.45) is 0. The lowest BCUT2D eigenvalue weighted by Gasteiger charge is -2.12. The molecule has 0 amide bonds. The second-order valence-corrected chi connectivity index (χ2v) is 6.83. The molecule has 4 N–H and O–H groups in total. The predicted octanol–water partition coefficient (Wildman–Crippen LogP) is 4.11. The standard InChI is InChI=1S/C15H12ClNO2S2.C2H6O/c16-12-4-2-1-3-11(12)9-5-7-10(8-6-9)13(14(18)19)21-15(17)20;1-2-3/h1-8,13H,(H2,17,20)(H,18,19);3H,2H2,1H3. The molecule has 0 saturated heterocycles. The summed E-state index contributed by atoms with van der Waals surface area (Å²) in [5.41, 5.74) is 7.89. The Bertz CT molecular complexity index is 692. The zero-order chi connectivity index (χ0) is 18.1. The summed E-state index contributed by atoms with van der Waals surface area (Å²) >= 11 is 11.9. The number of rotatable bonds is 4. The molecule has 0 fully saturated rings. The third-order valence-electron chi connectivity index (χ3n) is 2.86. The van der Waals surface area contributed by atoms with E-state index in [-0.39, 0.29) is 10.9 Å². The van der Waals surface area contributed by atoms with Gasteiger partial charge in [-0.3, -0.25) is 4.79 Å². The number of carbonyl (C=O) groups is 1. The van der Waals surface area contributed by atoms with E-state index in [1.807, 2.05) is 36.4 Å². The lowest BCUT2D eigenvalue weighted by Crippen LogP contribution is -2.13. The van der Waals surface area contributed by atoms with E-state index < -0.39 is 11.2 Å². The molecule has 0 radical (unpaired) electrons. The molecule has 4 nitrogen and oxygen atoms in total. The van der Waals surface area contributed by atoms with Crippen molar-refractivity contribution in [2.24, 2.45) is 5.73 Å². The Hall–Kier alpha value is -1.60. The van der Waals surface area contributed by atoms with Crippen LogP contribution < -0.4 is 5.73 Å². The molecule has 7 heteroatoms. The highest BCUT2D eigenvalue weighted by atomic mass is 35.5. The largest absolute Gasteiger partial charge is 0.480 e. The first kappa shape index (κ1) is 20.4. The van der Waals surface area contributed by atoms with Gasteiger partial charge in [0.05, 0.1) is 0 Å². The molecule has 2 aromatic carbocycles. The van der Waals surface area contributed by atoms with Crippen molar-refractivity contribution in [1.29, 1.82) is 0 Å². The highest BCUT2D eigenvalue weighted by Gasteiger charge is 2.21. The number of hydrogen-bond acceptors (Lipinski definition) is 4. The molecule has 0 saturated carbocycles. The highest BCUT2D eigenvalue weighted by Crippen LogP contribution is 2.32. The van der Waals surface area contributed by atoms with Gasteiger partial charge in [-0.15, -0.1) is 0 Å². The van der Waals surface area contributed by atoms with Crippen molar-refractivity contribution in [1.82, 2.24) is 0 Å². The summed E-state index contributed by atoms with van der Waals surface area (Å²) in [7, 11) is 0. The number of carboxylic acid groups (broad SMARTS) is 1. The van der Waals surface area contributed by atoms with Gasteiger partial charge in [0.1, 0.15) is 9.57 Å². The first-order valence-corrected chi connectivity index (χ1v) is 8.71. The van der Waals surface area contributed by atoms with Gasteiger partial charge in [0.25, 0.3) is 0 Å². The van der Waals surface area contributed by atoms with E-state index >= 15 is 0 Å². The Morgan fingerprint density at radius 2 is 1.79 bits per heavy atom. The smallest absolute Gasteiger partial charge is 0.321 e. The lowest BCUT2D eigenvalue weighted by molar-refractivity contribution is -0.136. The number of thiocarbonyl (C=S) groups is 1. The summed E-state index contributed by atoms with van der Waals surface area (Å²) in [5, 5.41) is 16.7. The van der Waals surface area contributed by atoms with Crippen LogP contribution in [-0.2, 0) is 4.79 Å². The number of nitrogens with two attached hydrogens (primary N) is 1. The Morgan fingerprint density at radius 3 is 2.25 bits per heavy atom. The molecule has 0 aliphatic rings. The van der Waals surface area contributed by atoms with Gasteiger partial charge in [0.2, 0.25) is 0 Å². The third-order valence-corrected chi connectivity index (χ3v) is 4.42. The van der Waals surface area contributed by atoms with Crippen molar-refractivity contribution in [3.63, 3.8) is 0 Å². The maximum absolute atomic E-state index is 11.3. The molecule has 0 aliphatic heterocycles.